The standard InChI is InChI=1S/C15H14BrFN2O/c1-19(9-10-4-2-3-5-13(10)17)15(20)12-8-11(16)6-7-14(12)18/h2-8H,9,18H2,1H3. The minimum Gasteiger partial charge on any atom is -0.398 e. The van der Waals surface area contributed by atoms with Crippen molar-refractivity contribution in [2.75, 3.05) is 12.8 Å². The average Bonchev–Trinajstić information content (AvgIpc) is 2.43. The van der Waals surface area contributed by atoms with Crippen LogP contribution in [0.1, 0.15) is 15.9 Å². The summed E-state index contributed by atoms with van der Waals surface area (Å²) >= 11 is 3.31. The quantitative estimate of drug-likeness (QED) is 0.872. The maximum atomic E-state index is 13.6. The molecular weight excluding hydrogens is 323 g/mol. The van der Waals surface area contributed by atoms with Crippen LogP contribution < -0.4 is 5.73 Å². The zero-order valence-electron chi connectivity index (χ0n) is 10.9. The molecule has 0 bridgehead atoms. The van der Waals surface area contributed by atoms with Crippen molar-refractivity contribution in [1.82, 2.24) is 4.90 Å². The number of halogens is 2. The smallest absolute Gasteiger partial charge is 0.256 e. The molecule has 0 spiro atoms. The minimum absolute atomic E-state index is 0.192. The van der Waals surface area contributed by atoms with Crippen molar-refractivity contribution in [3.63, 3.8) is 0 Å². The zero-order valence-corrected chi connectivity index (χ0v) is 12.5. The lowest BCUT2D eigenvalue weighted by molar-refractivity contribution is 0.0785. The van der Waals surface area contributed by atoms with Gasteiger partial charge in [0.15, 0.2) is 0 Å². The largest absolute Gasteiger partial charge is 0.398 e. The summed E-state index contributed by atoms with van der Waals surface area (Å²) in [7, 11) is 1.62. The molecule has 0 fully saturated rings. The van der Waals surface area contributed by atoms with E-state index in [1.807, 2.05) is 0 Å². The molecule has 0 saturated heterocycles. The van der Waals surface area contributed by atoms with E-state index in [0.29, 0.717) is 16.8 Å². The maximum Gasteiger partial charge on any atom is 0.256 e. The molecule has 20 heavy (non-hydrogen) atoms. The number of nitrogen functional groups attached to an aromatic ring is 1. The molecule has 0 unspecified atom stereocenters. The SMILES string of the molecule is CN(Cc1ccccc1F)C(=O)c1cc(Br)ccc1N. The molecule has 2 aromatic rings. The van der Waals surface area contributed by atoms with Crippen LogP contribution >= 0.6 is 15.9 Å². The lowest BCUT2D eigenvalue weighted by Crippen LogP contribution is -2.27. The van der Waals surface area contributed by atoms with Gasteiger partial charge in [-0.2, -0.15) is 0 Å². The van der Waals surface area contributed by atoms with Crippen LogP contribution in [0.2, 0.25) is 0 Å². The van der Waals surface area contributed by atoms with E-state index in [2.05, 4.69) is 15.9 Å². The molecule has 0 radical (unpaired) electrons. The molecule has 0 aliphatic heterocycles. The highest BCUT2D eigenvalue weighted by Gasteiger charge is 2.16. The summed E-state index contributed by atoms with van der Waals surface area (Å²) in [5.41, 5.74) is 7.08. The lowest BCUT2D eigenvalue weighted by atomic mass is 10.1. The van der Waals surface area contributed by atoms with Gasteiger partial charge in [0.25, 0.3) is 5.91 Å². The van der Waals surface area contributed by atoms with Gasteiger partial charge in [-0.25, -0.2) is 4.39 Å². The first kappa shape index (κ1) is 14.5. The number of carbonyl (C=O) groups is 1. The van der Waals surface area contributed by atoms with E-state index in [0.717, 1.165) is 4.47 Å². The fourth-order valence-electron chi connectivity index (χ4n) is 1.87. The van der Waals surface area contributed by atoms with E-state index in [1.54, 1.807) is 43.4 Å². The van der Waals surface area contributed by atoms with Crippen molar-refractivity contribution in [2.45, 2.75) is 6.54 Å². The second kappa shape index (κ2) is 6.05. The predicted octanol–water partition coefficient (Wildman–Crippen LogP) is 3.44. The van der Waals surface area contributed by atoms with Gasteiger partial charge >= 0.3 is 0 Å². The fourth-order valence-corrected chi connectivity index (χ4v) is 2.23. The number of rotatable bonds is 3. The monoisotopic (exact) mass is 336 g/mol. The first-order valence-electron chi connectivity index (χ1n) is 6.03. The molecule has 0 saturated carbocycles. The number of carbonyl (C=O) groups excluding carboxylic acids is 1. The van der Waals surface area contributed by atoms with Gasteiger partial charge in [0.1, 0.15) is 5.82 Å². The molecule has 2 aromatic carbocycles. The van der Waals surface area contributed by atoms with Gasteiger partial charge in [-0.05, 0) is 24.3 Å². The highest BCUT2D eigenvalue weighted by Crippen LogP contribution is 2.20. The number of nitrogens with zero attached hydrogens (tertiary/aromatic N) is 1. The Kier molecular flexibility index (Phi) is 4.39. The van der Waals surface area contributed by atoms with Crippen LogP contribution in [0.5, 0.6) is 0 Å². The van der Waals surface area contributed by atoms with Crippen LogP contribution in [-0.2, 0) is 6.54 Å². The highest BCUT2D eigenvalue weighted by atomic mass is 79.9. The summed E-state index contributed by atoms with van der Waals surface area (Å²) in [6, 6.07) is 11.5. The highest BCUT2D eigenvalue weighted by molar-refractivity contribution is 9.10. The van der Waals surface area contributed by atoms with Gasteiger partial charge in [-0.3, -0.25) is 4.79 Å². The van der Waals surface area contributed by atoms with Gasteiger partial charge in [0.05, 0.1) is 5.56 Å². The topological polar surface area (TPSA) is 46.3 Å². The molecule has 2 N–H and O–H groups in total. The van der Waals surface area contributed by atoms with Gasteiger partial charge in [0, 0.05) is 29.3 Å². The van der Waals surface area contributed by atoms with Crippen LogP contribution in [0, 0.1) is 5.82 Å². The maximum absolute atomic E-state index is 13.6. The molecule has 3 nitrogen and oxygen atoms in total. The lowest BCUT2D eigenvalue weighted by Gasteiger charge is -2.18. The molecule has 0 atom stereocenters. The number of hydrogen-bond acceptors (Lipinski definition) is 2. The Labute approximate surface area is 125 Å². The van der Waals surface area contributed by atoms with Crippen LogP contribution in [0.25, 0.3) is 0 Å². The number of nitrogens with two attached hydrogens (primary N) is 1. The summed E-state index contributed by atoms with van der Waals surface area (Å²) in [5.74, 6) is -0.568. The Morgan fingerprint density at radius 1 is 1.30 bits per heavy atom. The van der Waals surface area contributed by atoms with Crippen LogP contribution in [0.3, 0.4) is 0 Å². The summed E-state index contributed by atoms with van der Waals surface area (Å²) in [6.07, 6.45) is 0. The fraction of sp³-hybridized carbons (Fsp3) is 0.133. The Morgan fingerprint density at radius 2 is 2.00 bits per heavy atom. The van der Waals surface area contributed by atoms with E-state index in [-0.39, 0.29) is 18.3 Å². The van der Waals surface area contributed by atoms with Crippen molar-refractivity contribution in [2.24, 2.45) is 0 Å². The second-order valence-corrected chi connectivity index (χ2v) is 5.40. The van der Waals surface area contributed by atoms with E-state index in [1.165, 1.54) is 11.0 Å². The van der Waals surface area contributed by atoms with Crippen molar-refractivity contribution in [3.05, 3.63) is 63.9 Å². The molecule has 0 aliphatic carbocycles. The molecule has 5 heteroatoms. The van der Waals surface area contributed by atoms with Gasteiger partial charge in [-0.15, -0.1) is 0 Å². The van der Waals surface area contributed by atoms with Crippen LogP contribution in [-0.4, -0.2) is 17.9 Å². The van der Waals surface area contributed by atoms with E-state index in [4.69, 9.17) is 5.73 Å². The summed E-state index contributed by atoms with van der Waals surface area (Å²) < 4.78 is 14.4. The van der Waals surface area contributed by atoms with E-state index in [9.17, 15) is 9.18 Å². The van der Waals surface area contributed by atoms with Crippen molar-refractivity contribution in [3.8, 4) is 0 Å². The molecule has 0 aromatic heterocycles. The van der Waals surface area contributed by atoms with Gasteiger partial charge in [0.2, 0.25) is 0 Å². The zero-order chi connectivity index (χ0) is 14.7. The van der Waals surface area contributed by atoms with Crippen molar-refractivity contribution < 1.29 is 9.18 Å². The molecule has 104 valence electrons. The number of anilines is 1. The third-order valence-electron chi connectivity index (χ3n) is 2.96. The van der Waals surface area contributed by atoms with Gasteiger partial charge < -0.3 is 10.6 Å². The Balaban J connectivity index is 2.21. The third-order valence-corrected chi connectivity index (χ3v) is 3.45. The first-order valence-corrected chi connectivity index (χ1v) is 6.82. The van der Waals surface area contributed by atoms with Crippen LogP contribution in [0.15, 0.2) is 46.9 Å². The molecule has 2 rings (SSSR count). The predicted molar refractivity (Wildman–Crippen MR) is 80.8 cm³/mol. The Hall–Kier alpha value is -1.88. The molecule has 1 amide bonds. The first-order chi connectivity index (χ1) is 9.49. The number of hydrogen-bond donors (Lipinski definition) is 1. The number of benzene rings is 2. The normalized spacial score (nSPS) is 10.3. The third kappa shape index (κ3) is 3.17. The van der Waals surface area contributed by atoms with E-state index >= 15 is 0 Å². The molecule has 0 heterocycles. The molecular formula is C15H14BrFN2O. The summed E-state index contributed by atoms with van der Waals surface area (Å²) in [5, 5.41) is 0. The summed E-state index contributed by atoms with van der Waals surface area (Å²) in [6.45, 7) is 0.192. The number of amides is 1. The van der Waals surface area contributed by atoms with Gasteiger partial charge in [-0.1, -0.05) is 34.1 Å². The van der Waals surface area contributed by atoms with Crippen molar-refractivity contribution in [1.29, 1.82) is 0 Å². The van der Waals surface area contributed by atoms with E-state index < -0.39 is 0 Å². The second-order valence-electron chi connectivity index (χ2n) is 4.48. The molecule has 0 aliphatic rings. The Morgan fingerprint density at radius 3 is 2.70 bits per heavy atom. The minimum atomic E-state index is -0.325. The Bertz CT molecular complexity index is 646. The van der Waals surface area contributed by atoms with Crippen molar-refractivity contribution >= 4 is 27.5 Å². The average molecular weight is 337 g/mol. The van der Waals surface area contributed by atoms with Crippen LogP contribution in [0.4, 0.5) is 10.1 Å². The summed E-state index contributed by atoms with van der Waals surface area (Å²) in [4.78, 5) is 13.8.